The molecule has 0 aliphatic heterocycles. The lowest BCUT2D eigenvalue weighted by Gasteiger charge is -2.15. The molecular formula is C43H76O5. The molecule has 1 N–H and O–H groups in total. The maximum absolute atomic E-state index is 12.2. The summed E-state index contributed by atoms with van der Waals surface area (Å²) in [5.41, 5.74) is 0. The summed E-state index contributed by atoms with van der Waals surface area (Å²) in [6, 6.07) is 0. The van der Waals surface area contributed by atoms with Gasteiger partial charge in [0.05, 0.1) is 6.61 Å². The van der Waals surface area contributed by atoms with Gasteiger partial charge in [-0.25, -0.2) is 0 Å². The Morgan fingerprint density at radius 1 is 0.500 bits per heavy atom. The minimum atomic E-state index is -0.779. The molecule has 1 atom stereocenters. The molecule has 0 saturated carbocycles. The van der Waals surface area contributed by atoms with Gasteiger partial charge in [-0.1, -0.05) is 178 Å². The number of esters is 2. The predicted octanol–water partition coefficient (Wildman–Crippen LogP) is 12.6. The highest BCUT2D eigenvalue weighted by molar-refractivity contribution is 5.70. The third-order valence-electron chi connectivity index (χ3n) is 8.64. The minimum Gasteiger partial charge on any atom is -0.462 e. The molecule has 0 radical (unpaired) electrons. The number of unbranched alkanes of at least 4 members (excludes halogenated alkanes) is 20. The first-order valence-electron chi connectivity index (χ1n) is 20.2. The van der Waals surface area contributed by atoms with Crippen molar-refractivity contribution in [2.24, 2.45) is 0 Å². The Morgan fingerprint density at radius 2 is 0.896 bits per heavy atom. The second kappa shape index (κ2) is 39.3. The quantitative estimate of drug-likeness (QED) is 0.0407. The Balaban J connectivity index is 3.58. The molecule has 0 unspecified atom stereocenters. The fraction of sp³-hybridized carbons (Fsp3) is 0.767. The molecule has 0 aromatic rings. The lowest BCUT2D eigenvalue weighted by atomic mass is 10.0. The van der Waals surface area contributed by atoms with Gasteiger partial charge in [0.15, 0.2) is 6.10 Å². The van der Waals surface area contributed by atoms with Crippen molar-refractivity contribution in [1.82, 2.24) is 0 Å². The molecule has 0 amide bonds. The van der Waals surface area contributed by atoms with Crippen molar-refractivity contribution in [3.8, 4) is 0 Å². The molecule has 278 valence electrons. The van der Waals surface area contributed by atoms with Crippen molar-refractivity contribution < 1.29 is 24.2 Å². The first-order chi connectivity index (χ1) is 23.6. The van der Waals surface area contributed by atoms with E-state index in [2.05, 4.69) is 62.5 Å². The number of rotatable bonds is 36. The summed E-state index contributed by atoms with van der Waals surface area (Å²) in [5.74, 6) is -0.615. The lowest BCUT2D eigenvalue weighted by molar-refractivity contribution is -0.161. The van der Waals surface area contributed by atoms with Gasteiger partial charge >= 0.3 is 11.9 Å². The fourth-order valence-electron chi connectivity index (χ4n) is 5.60. The van der Waals surface area contributed by atoms with Gasteiger partial charge < -0.3 is 14.6 Å². The lowest BCUT2D eigenvalue weighted by Crippen LogP contribution is -2.28. The summed E-state index contributed by atoms with van der Waals surface area (Å²) in [6.45, 7) is 4.01. The van der Waals surface area contributed by atoms with Gasteiger partial charge in [-0.2, -0.15) is 0 Å². The van der Waals surface area contributed by atoms with E-state index < -0.39 is 6.10 Å². The van der Waals surface area contributed by atoms with Crippen LogP contribution in [0.5, 0.6) is 0 Å². The SMILES string of the molecule is CC/C=C\C/C=C\C/C=C\C/C=C\CCCCCCC(=O)OC[C@H](CO)OC(=O)CCCCCCCCCCCCCCCCCCC. The molecule has 0 heterocycles. The summed E-state index contributed by atoms with van der Waals surface area (Å²) in [4.78, 5) is 24.3. The van der Waals surface area contributed by atoms with E-state index in [0.29, 0.717) is 12.8 Å². The molecule has 0 saturated heterocycles. The van der Waals surface area contributed by atoms with Gasteiger partial charge in [0.1, 0.15) is 6.61 Å². The van der Waals surface area contributed by atoms with Crippen LogP contribution in [-0.2, 0) is 19.1 Å². The van der Waals surface area contributed by atoms with Crippen molar-refractivity contribution in [1.29, 1.82) is 0 Å². The van der Waals surface area contributed by atoms with Gasteiger partial charge in [-0.3, -0.25) is 9.59 Å². The van der Waals surface area contributed by atoms with E-state index in [1.165, 1.54) is 89.9 Å². The van der Waals surface area contributed by atoms with Crippen LogP contribution in [0.1, 0.15) is 194 Å². The van der Waals surface area contributed by atoms with Crippen molar-refractivity contribution in [2.75, 3.05) is 13.2 Å². The summed E-state index contributed by atoms with van der Waals surface area (Å²) in [7, 11) is 0. The summed E-state index contributed by atoms with van der Waals surface area (Å²) in [5, 5.41) is 9.56. The molecule has 5 heteroatoms. The predicted molar refractivity (Wildman–Crippen MR) is 205 cm³/mol. The minimum absolute atomic E-state index is 0.0774. The number of hydrogen-bond acceptors (Lipinski definition) is 5. The van der Waals surface area contributed by atoms with Crippen molar-refractivity contribution in [3.05, 3.63) is 48.6 Å². The van der Waals surface area contributed by atoms with Gasteiger partial charge in [0, 0.05) is 12.8 Å². The first-order valence-corrected chi connectivity index (χ1v) is 20.2. The van der Waals surface area contributed by atoms with Crippen LogP contribution in [0, 0.1) is 0 Å². The van der Waals surface area contributed by atoms with Gasteiger partial charge in [-0.05, 0) is 51.4 Å². The number of allylic oxidation sites excluding steroid dienone is 8. The van der Waals surface area contributed by atoms with E-state index in [9.17, 15) is 14.7 Å². The highest BCUT2D eigenvalue weighted by Crippen LogP contribution is 2.15. The molecule has 0 aromatic carbocycles. The normalized spacial score (nSPS) is 12.6. The van der Waals surface area contributed by atoms with Gasteiger partial charge in [-0.15, -0.1) is 0 Å². The zero-order valence-corrected chi connectivity index (χ0v) is 31.5. The maximum Gasteiger partial charge on any atom is 0.306 e. The molecule has 0 fully saturated rings. The van der Waals surface area contributed by atoms with Crippen LogP contribution in [0.2, 0.25) is 0 Å². The van der Waals surface area contributed by atoms with E-state index in [1.807, 2.05) is 0 Å². The van der Waals surface area contributed by atoms with Crippen LogP contribution in [-0.4, -0.2) is 36.4 Å². The zero-order valence-electron chi connectivity index (χ0n) is 31.5. The second-order valence-corrected chi connectivity index (χ2v) is 13.3. The average Bonchev–Trinajstić information content (AvgIpc) is 3.09. The van der Waals surface area contributed by atoms with Crippen LogP contribution >= 0.6 is 0 Å². The number of ether oxygens (including phenoxy) is 2. The number of aliphatic hydroxyl groups is 1. The van der Waals surface area contributed by atoms with Crippen molar-refractivity contribution in [3.63, 3.8) is 0 Å². The molecule has 0 aliphatic rings. The Kier molecular flexibility index (Phi) is 37.5. The Bertz CT molecular complexity index is 812. The standard InChI is InChI=1S/C43H76O5/c1-3-5-7-9-11-13-15-17-19-21-23-25-27-29-31-33-35-37-42(45)47-40-41(39-44)48-43(46)38-36-34-32-30-28-26-24-22-20-18-16-14-12-10-8-6-4-2/h5,7,11,13,17,19,23,25,41,44H,3-4,6,8-10,12,14-16,18,20-22,24,26-40H2,1-2H3/b7-5-,13-11-,19-17-,25-23-/t41-/m0/s1. The summed E-state index contributed by atoms with van der Waals surface area (Å²) in [6.07, 6.45) is 48.9. The highest BCUT2D eigenvalue weighted by Gasteiger charge is 2.16. The monoisotopic (exact) mass is 673 g/mol. The Labute approximate surface area is 297 Å². The van der Waals surface area contributed by atoms with Gasteiger partial charge in [0.25, 0.3) is 0 Å². The number of carbonyl (C=O) groups is 2. The Morgan fingerprint density at radius 3 is 1.35 bits per heavy atom. The zero-order chi connectivity index (χ0) is 35.0. The van der Waals surface area contributed by atoms with Crippen LogP contribution in [0.3, 0.4) is 0 Å². The molecule has 48 heavy (non-hydrogen) atoms. The molecule has 0 rings (SSSR count). The number of carbonyl (C=O) groups excluding carboxylic acids is 2. The van der Waals surface area contributed by atoms with E-state index >= 15 is 0 Å². The fourth-order valence-corrected chi connectivity index (χ4v) is 5.60. The molecular weight excluding hydrogens is 596 g/mol. The van der Waals surface area contributed by atoms with E-state index in [4.69, 9.17) is 9.47 Å². The third-order valence-corrected chi connectivity index (χ3v) is 8.64. The van der Waals surface area contributed by atoms with E-state index in [1.54, 1.807) is 0 Å². The third kappa shape index (κ3) is 36.7. The Hall–Kier alpha value is -2.14. The van der Waals surface area contributed by atoms with E-state index in [-0.39, 0.29) is 25.2 Å². The van der Waals surface area contributed by atoms with Gasteiger partial charge in [0.2, 0.25) is 0 Å². The molecule has 0 aliphatic carbocycles. The summed E-state index contributed by atoms with van der Waals surface area (Å²) >= 11 is 0. The molecule has 0 spiro atoms. The van der Waals surface area contributed by atoms with Crippen LogP contribution in [0.25, 0.3) is 0 Å². The number of aliphatic hydroxyl groups excluding tert-OH is 1. The topological polar surface area (TPSA) is 72.8 Å². The molecule has 5 nitrogen and oxygen atoms in total. The van der Waals surface area contributed by atoms with Crippen LogP contribution < -0.4 is 0 Å². The number of hydrogen-bond donors (Lipinski definition) is 1. The van der Waals surface area contributed by atoms with Crippen LogP contribution in [0.4, 0.5) is 0 Å². The van der Waals surface area contributed by atoms with E-state index in [0.717, 1.165) is 77.0 Å². The van der Waals surface area contributed by atoms with Crippen LogP contribution in [0.15, 0.2) is 48.6 Å². The first kappa shape index (κ1) is 45.9. The largest absolute Gasteiger partial charge is 0.462 e. The molecule has 0 bridgehead atoms. The molecule has 0 aromatic heterocycles. The van der Waals surface area contributed by atoms with Crippen molar-refractivity contribution >= 4 is 11.9 Å². The van der Waals surface area contributed by atoms with Crippen molar-refractivity contribution in [2.45, 2.75) is 200 Å². The highest BCUT2D eigenvalue weighted by atomic mass is 16.6. The summed E-state index contributed by atoms with van der Waals surface area (Å²) < 4.78 is 10.6. The second-order valence-electron chi connectivity index (χ2n) is 13.3. The average molecular weight is 673 g/mol. The maximum atomic E-state index is 12.2. The smallest absolute Gasteiger partial charge is 0.306 e.